The minimum atomic E-state index is 0.254. The van der Waals surface area contributed by atoms with Gasteiger partial charge in [-0.05, 0) is 51.2 Å². The maximum atomic E-state index is 9.39. The summed E-state index contributed by atoms with van der Waals surface area (Å²) in [5.41, 5.74) is 0. The van der Waals surface area contributed by atoms with Gasteiger partial charge in [0.2, 0.25) is 0 Å². The Labute approximate surface area is 119 Å². The molecule has 0 bridgehead atoms. The molecule has 0 aromatic heterocycles. The van der Waals surface area contributed by atoms with Crippen molar-refractivity contribution in [3.63, 3.8) is 0 Å². The summed E-state index contributed by atoms with van der Waals surface area (Å²) in [5, 5.41) is 12.8. The van der Waals surface area contributed by atoms with E-state index < -0.39 is 0 Å². The third-order valence-corrected chi connectivity index (χ3v) is 4.22. The number of aliphatic hydroxyl groups excluding tert-OH is 1. The summed E-state index contributed by atoms with van der Waals surface area (Å²) in [6.45, 7) is 10.5. The third-order valence-electron chi connectivity index (χ3n) is 4.22. The molecule has 1 heterocycles. The first-order valence-electron chi connectivity index (χ1n) is 8.25. The second-order valence-electron chi connectivity index (χ2n) is 6.42. The SMILES string of the molecule is CCCC1CCCN(CCC(CO)NC(C)C)CC1. The molecule has 114 valence electrons. The van der Waals surface area contributed by atoms with Crippen LogP contribution in [-0.4, -0.2) is 48.3 Å². The van der Waals surface area contributed by atoms with E-state index in [1.807, 2.05) is 0 Å². The van der Waals surface area contributed by atoms with E-state index in [1.165, 1.54) is 45.2 Å². The average molecular weight is 270 g/mol. The summed E-state index contributed by atoms with van der Waals surface area (Å²) in [7, 11) is 0. The van der Waals surface area contributed by atoms with E-state index >= 15 is 0 Å². The summed E-state index contributed by atoms with van der Waals surface area (Å²) < 4.78 is 0. The van der Waals surface area contributed by atoms with Crippen molar-refractivity contribution in [3.8, 4) is 0 Å². The maximum absolute atomic E-state index is 9.39. The van der Waals surface area contributed by atoms with Gasteiger partial charge in [0.15, 0.2) is 0 Å². The number of likely N-dealkylation sites (tertiary alicyclic amines) is 1. The molecule has 0 radical (unpaired) electrons. The summed E-state index contributed by atoms with van der Waals surface area (Å²) in [6.07, 6.45) is 7.93. The molecular weight excluding hydrogens is 236 g/mol. The van der Waals surface area contributed by atoms with Crippen molar-refractivity contribution in [2.24, 2.45) is 5.92 Å². The van der Waals surface area contributed by atoms with E-state index in [9.17, 15) is 5.11 Å². The normalized spacial score (nSPS) is 23.5. The molecule has 1 aliphatic rings. The van der Waals surface area contributed by atoms with Crippen LogP contribution in [0, 0.1) is 5.92 Å². The van der Waals surface area contributed by atoms with Gasteiger partial charge < -0.3 is 15.3 Å². The van der Waals surface area contributed by atoms with Crippen molar-refractivity contribution in [2.75, 3.05) is 26.2 Å². The fourth-order valence-corrected chi connectivity index (χ4v) is 3.18. The van der Waals surface area contributed by atoms with Crippen LogP contribution in [-0.2, 0) is 0 Å². The number of hydrogen-bond donors (Lipinski definition) is 2. The molecule has 3 nitrogen and oxygen atoms in total. The van der Waals surface area contributed by atoms with Crippen molar-refractivity contribution < 1.29 is 5.11 Å². The van der Waals surface area contributed by atoms with E-state index in [4.69, 9.17) is 0 Å². The van der Waals surface area contributed by atoms with Crippen LogP contribution in [0.5, 0.6) is 0 Å². The molecule has 1 aliphatic heterocycles. The van der Waals surface area contributed by atoms with Crippen LogP contribution in [0.25, 0.3) is 0 Å². The Balaban J connectivity index is 2.25. The highest BCUT2D eigenvalue weighted by Gasteiger charge is 2.17. The monoisotopic (exact) mass is 270 g/mol. The highest BCUT2D eigenvalue weighted by molar-refractivity contribution is 4.74. The van der Waals surface area contributed by atoms with Crippen LogP contribution in [0.15, 0.2) is 0 Å². The smallest absolute Gasteiger partial charge is 0.0585 e. The highest BCUT2D eigenvalue weighted by atomic mass is 16.3. The quantitative estimate of drug-likeness (QED) is 0.712. The predicted octanol–water partition coefficient (Wildman–Crippen LogP) is 2.64. The second kappa shape index (κ2) is 9.73. The summed E-state index contributed by atoms with van der Waals surface area (Å²) in [6, 6.07) is 0.713. The summed E-state index contributed by atoms with van der Waals surface area (Å²) in [5.74, 6) is 0.956. The standard InChI is InChI=1S/C16H34N2O/c1-4-6-15-7-5-10-18(11-8-15)12-9-16(13-19)17-14(2)3/h14-17,19H,4-13H2,1-3H3. The van der Waals surface area contributed by atoms with Crippen LogP contribution in [0.1, 0.15) is 59.3 Å². The zero-order valence-electron chi connectivity index (χ0n) is 13.2. The Kier molecular flexibility index (Phi) is 8.67. The lowest BCUT2D eigenvalue weighted by Gasteiger charge is -2.24. The first kappa shape index (κ1) is 16.9. The number of nitrogens with zero attached hydrogens (tertiary/aromatic N) is 1. The second-order valence-corrected chi connectivity index (χ2v) is 6.42. The van der Waals surface area contributed by atoms with Crippen molar-refractivity contribution in [2.45, 2.75) is 71.4 Å². The molecule has 2 atom stereocenters. The van der Waals surface area contributed by atoms with Gasteiger partial charge in [-0.15, -0.1) is 0 Å². The van der Waals surface area contributed by atoms with Crippen LogP contribution in [0.2, 0.25) is 0 Å². The van der Waals surface area contributed by atoms with Crippen LogP contribution in [0.3, 0.4) is 0 Å². The molecule has 0 aromatic carbocycles. The minimum Gasteiger partial charge on any atom is -0.395 e. The van der Waals surface area contributed by atoms with Gasteiger partial charge in [-0.2, -0.15) is 0 Å². The first-order chi connectivity index (χ1) is 9.15. The van der Waals surface area contributed by atoms with E-state index in [1.54, 1.807) is 0 Å². The summed E-state index contributed by atoms with van der Waals surface area (Å²) >= 11 is 0. The lowest BCUT2D eigenvalue weighted by molar-refractivity contribution is 0.201. The van der Waals surface area contributed by atoms with Gasteiger partial charge in [0, 0.05) is 12.1 Å². The number of aliphatic hydroxyl groups is 1. The Morgan fingerprint density at radius 1 is 1.26 bits per heavy atom. The molecule has 0 spiro atoms. The molecule has 19 heavy (non-hydrogen) atoms. The zero-order chi connectivity index (χ0) is 14.1. The molecule has 0 amide bonds. The molecule has 2 N–H and O–H groups in total. The van der Waals surface area contributed by atoms with Crippen molar-refractivity contribution >= 4 is 0 Å². The molecule has 0 aliphatic carbocycles. The Morgan fingerprint density at radius 2 is 2.05 bits per heavy atom. The lowest BCUT2D eigenvalue weighted by Crippen LogP contribution is -2.40. The van der Waals surface area contributed by atoms with Crippen molar-refractivity contribution in [1.29, 1.82) is 0 Å². The molecule has 2 unspecified atom stereocenters. The maximum Gasteiger partial charge on any atom is 0.0585 e. The van der Waals surface area contributed by atoms with Gasteiger partial charge in [0.1, 0.15) is 0 Å². The first-order valence-corrected chi connectivity index (χ1v) is 8.25. The Hall–Kier alpha value is -0.120. The predicted molar refractivity (Wildman–Crippen MR) is 82.5 cm³/mol. The molecule has 1 rings (SSSR count). The van der Waals surface area contributed by atoms with Gasteiger partial charge in [-0.1, -0.05) is 33.6 Å². The van der Waals surface area contributed by atoms with Crippen molar-refractivity contribution in [3.05, 3.63) is 0 Å². The number of rotatable bonds is 8. The van der Waals surface area contributed by atoms with E-state index in [-0.39, 0.29) is 12.6 Å². The van der Waals surface area contributed by atoms with Crippen LogP contribution < -0.4 is 5.32 Å². The fourth-order valence-electron chi connectivity index (χ4n) is 3.18. The van der Waals surface area contributed by atoms with Gasteiger partial charge in [-0.25, -0.2) is 0 Å². The fraction of sp³-hybridized carbons (Fsp3) is 1.00. The zero-order valence-corrected chi connectivity index (χ0v) is 13.2. The molecule has 1 fully saturated rings. The van der Waals surface area contributed by atoms with Crippen molar-refractivity contribution in [1.82, 2.24) is 10.2 Å². The highest BCUT2D eigenvalue weighted by Crippen LogP contribution is 2.21. The minimum absolute atomic E-state index is 0.254. The molecular formula is C16H34N2O. The Bertz CT molecular complexity index is 221. The van der Waals surface area contributed by atoms with E-state index in [2.05, 4.69) is 31.0 Å². The summed E-state index contributed by atoms with van der Waals surface area (Å²) in [4.78, 5) is 2.60. The van der Waals surface area contributed by atoms with E-state index in [0.717, 1.165) is 18.9 Å². The topological polar surface area (TPSA) is 35.5 Å². The van der Waals surface area contributed by atoms with Gasteiger partial charge >= 0.3 is 0 Å². The Morgan fingerprint density at radius 3 is 2.68 bits per heavy atom. The van der Waals surface area contributed by atoms with Crippen LogP contribution in [0.4, 0.5) is 0 Å². The molecule has 0 saturated carbocycles. The van der Waals surface area contributed by atoms with Gasteiger partial charge in [0.25, 0.3) is 0 Å². The molecule has 1 saturated heterocycles. The lowest BCUT2D eigenvalue weighted by atomic mass is 9.96. The van der Waals surface area contributed by atoms with Crippen LogP contribution >= 0.6 is 0 Å². The van der Waals surface area contributed by atoms with E-state index in [0.29, 0.717) is 6.04 Å². The largest absolute Gasteiger partial charge is 0.395 e. The molecule has 0 aromatic rings. The molecule has 3 heteroatoms. The number of hydrogen-bond acceptors (Lipinski definition) is 3. The third kappa shape index (κ3) is 7.28. The van der Waals surface area contributed by atoms with Gasteiger partial charge in [-0.3, -0.25) is 0 Å². The average Bonchev–Trinajstić information content (AvgIpc) is 2.60. The van der Waals surface area contributed by atoms with Gasteiger partial charge in [0.05, 0.1) is 6.61 Å². The number of nitrogens with one attached hydrogen (secondary N) is 1.